The normalized spacial score (nSPS) is 11.3. The van der Waals surface area contributed by atoms with E-state index in [4.69, 9.17) is 16.3 Å². The second kappa shape index (κ2) is 6.56. The molecule has 0 heterocycles. The number of allylic oxidation sites excluding steroid dienone is 1. The lowest BCUT2D eigenvalue weighted by atomic mass is 9.99. The molecule has 0 saturated heterocycles. The molecule has 3 heteroatoms. The van der Waals surface area contributed by atoms with E-state index in [2.05, 4.69) is 6.07 Å². The summed E-state index contributed by atoms with van der Waals surface area (Å²) in [5.74, 6) is 0.822. The van der Waals surface area contributed by atoms with Gasteiger partial charge in [-0.25, -0.2) is 0 Å². The van der Waals surface area contributed by atoms with Crippen molar-refractivity contribution < 1.29 is 4.74 Å². The van der Waals surface area contributed by atoms with Gasteiger partial charge in [-0.3, -0.25) is 0 Å². The highest BCUT2D eigenvalue weighted by atomic mass is 35.5. The molecule has 0 spiro atoms. The van der Waals surface area contributed by atoms with Crippen molar-refractivity contribution in [2.45, 2.75) is 0 Å². The highest BCUT2D eigenvalue weighted by Gasteiger charge is 2.07. The molecule has 0 aliphatic rings. The minimum atomic E-state index is 0.594. The van der Waals surface area contributed by atoms with E-state index < -0.39 is 0 Å². The summed E-state index contributed by atoms with van der Waals surface area (Å²) in [6, 6.07) is 21.4. The van der Waals surface area contributed by atoms with Crippen LogP contribution in [0.3, 0.4) is 0 Å². The first-order chi connectivity index (χ1) is 11.2. The fourth-order valence-corrected chi connectivity index (χ4v) is 2.69. The number of nitrogens with zero attached hydrogens (tertiary/aromatic N) is 1. The third kappa shape index (κ3) is 3.06. The molecule has 0 atom stereocenters. The average Bonchev–Trinajstić information content (AvgIpc) is 2.60. The number of rotatable bonds is 3. The van der Waals surface area contributed by atoms with Crippen LogP contribution < -0.4 is 4.74 Å². The van der Waals surface area contributed by atoms with E-state index in [0.717, 1.165) is 27.6 Å². The number of ether oxygens (including phenoxy) is 1. The first-order valence-corrected chi connectivity index (χ1v) is 7.54. The van der Waals surface area contributed by atoms with E-state index in [-0.39, 0.29) is 0 Å². The fourth-order valence-electron chi connectivity index (χ4n) is 2.56. The second-order valence-corrected chi connectivity index (χ2v) is 5.52. The first-order valence-electron chi connectivity index (χ1n) is 7.16. The molecule has 0 aliphatic heterocycles. The summed E-state index contributed by atoms with van der Waals surface area (Å²) in [5, 5.41) is 12.2. The zero-order chi connectivity index (χ0) is 16.2. The van der Waals surface area contributed by atoms with Crippen LogP contribution in [0.25, 0.3) is 22.4 Å². The van der Waals surface area contributed by atoms with Crippen LogP contribution in [-0.2, 0) is 0 Å². The van der Waals surface area contributed by atoms with Gasteiger partial charge in [-0.05, 0) is 40.8 Å². The summed E-state index contributed by atoms with van der Waals surface area (Å²) in [7, 11) is 1.66. The van der Waals surface area contributed by atoms with Crippen LogP contribution in [0.2, 0.25) is 5.02 Å². The molecular weight excluding hydrogens is 306 g/mol. The lowest BCUT2D eigenvalue weighted by molar-refractivity contribution is 0.420. The molecule has 0 aromatic heterocycles. The van der Waals surface area contributed by atoms with Gasteiger partial charge in [-0.15, -0.1) is 0 Å². The van der Waals surface area contributed by atoms with Crippen LogP contribution in [0.5, 0.6) is 5.75 Å². The Morgan fingerprint density at radius 3 is 2.35 bits per heavy atom. The summed E-state index contributed by atoms with van der Waals surface area (Å²) < 4.78 is 5.41. The fraction of sp³-hybridized carbons (Fsp3) is 0.0500. The maximum absolute atomic E-state index is 9.51. The Morgan fingerprint density at radius 1 is 1.00 bits per heavy atom. The Kier molecular flexibility index (Phi) is 4.32. The second-order valence-electron chi connectivity index (χ2n) is 5.08. The van der Waals surface area contributed by atoms with Gasteiger partial charge in [0.05, 0.1) is 18.8 Å². The summed E-state index contributed by atoms with van der Waals surface area (Å²) in [4.78, 5) is 0. The van der Waals surface area contributed by atoms with Gasteiger partial charge in [0.2, 0.25) is 0 Å². The minimum Gasteiger partial charge on any atom is -0.496 e. The number of fused-ring (bicyclic) bond motifs is 1. The molecule has 3 aromatic rings. The van der Waals surface area contributed by atoms with E-state index in [1.807, 2.05) is 54.6 Å². The van der Waals surface area contributed by atoms with Gasteiger partial charge in [-0.2, -0.15) is 5.26 Å². The Bertz CT molecular complexity index is 921. The van der Waals surface area contributed by atoms with Crippen molar-refractivity contribution in [3.05, 3.63) is 76.8 Å². The van der Waals surface area contributed by atoms with E-state index in [1.54, 1.807) is 19.2 Å². The van der Waals surface area contributed by atoms with Crippen molar-refractivity contribution in [3.8, 4) is 11.8 Å². The van der Waals surface area contributed by atoms with Gasteiger partial charge in [0.1, 0.15) is 5.75 Å². The Hall–Kier alpha value is -2.76. The van der Waals surface area contributed by atoms with Gasteiger partial charge in [0, 0.05) is 10.4 Å². The van der Waals surface area contributed by atoms with Crippen molar-refractivity contribution in [1.82, 2.24) is 0 Å². The topological polar surface area (TPSA) is 33.0 Å². The molecule has 0 bridgehead atoms. The van der Waals surface area contributed by atoms with Crippen molar-refractivity contribution >= 4 is 34.0 Å². The van der Waals surface area contributed by atoms with Gasteiger partial charge < -0.3 is 4.74 Å². The molecule has 0 fully saturated rings. The maximum atomic E-state index is 9.51. The molecule has 2 nitrogen and oxygen atoms in total. The van der Waals surface area contributed by atoms with Gasteiger partial charge >= 0.3 is 0 Å². The lowest BCUT2D eigenvalue weighted by Gasteiger charge is -2.08. The van der Waals surface area contributed by atoms with Crippen LogP contribution in [-0.4, -0.2) is 7.11 Å². The van der Waals surface area contributed by atoms with E-state index in [9.17, 15) is 5.26 Å². The highest BCUT2D eigenvalue weighted by molar-refractivity contribution is 6.30. The van der Waals surface area contributed by atoms with Crippen molar-refractivity contribution in [1.29, 1.82) is 5.26 Å². The predicted octanol–water partition coefficient (Wildman–Crippen LogP) is 5.57. The molecule has 0 radical (unpaired) electrons. The van der Waals surface area contributed by atoms with Gasteiger partial charge in [-0.1, -0.05) is 54.1 Å². The third-order valence-electron chi connectivity index (χ3n) is 3.71. The average molecular weight is 320 g/mol. The van der Waals surface area contributed by atoms with Crippen molar-refractivity contribution in [3.63, 3.8) is 0 Å². The molecule has 0 N–H and O–H groups in total. The Morgan fingerprint density at radius 2 is 1.70 bits per heavy atom. The van der Waals surface area contributed by atoms with Crippen LogP contribution in [0.4, 0.5) is 0 Å². The molecule has 0 aliphatic carbocycles. The largest absolute Gasteiger partial charge is 0.496 e. The summed E-state index contributed by atoms with van der Waals surface area (Å²) in [5.41, 5.74) is 2.42. The van der Waals surface area contributed by atoms with Crippen LogP contribution >= 0.6 is 11.6 Å². The molecule has 3 aromatic carbocycles. The molecular formula is C20H14ClNO. The van der Waals surface area contributed by atoms with Crippen LogP contribution in [0, 0.1) is 11.3 Å². The Labute approximate surface area is 140 Å². The number of hydrogen-bond donors (Lipinski definition) is 0. The molecule has 3 rings (SSSR count). The van der Waals surface area contributed by atoms with E-state index >= 15 is 0 Å². The summed E-state index contributed by atoms with van der Waals surface area (Å²) >= 11 is 5.91. The quantitative estimate of drug-likeness (QED) is 0.467. The highest BCUT2D eigenvalue weighted by Crippen LogP contribution is 2.30. The standard InChI is InChI=1S/C20H14ClNO/c1-23-20-11-8-15(18-4-2-3-5-19(18)20)12-16(13-22)14-6-9-17(21)10-7-14/h2-12H,1H3/b16-12+. The van der Waals surface area contributed by atoms with Gasteiger partial charge in [0.15, 0.2) is 0 Å². The number of halogens is 1. The lowest BCUT2D eigenvalue weighted by Crippen LogP contribution is -1.88. The molecule has 0 unspecified atom stereocenters. The summed E-state index contributed by atoms with van der Waals surface area (Å²) in [6.07, 6.45) is 1.89. The first kappa shape index (κ1) is 15.1. The number of hydrogen-bond acceptors (Lipinski definition) is 2. The van der Waals surface area contributed by atoms with E-state index in [1.165, 1.54) is 0 Å². The SMILES string of the molecule is COc1ccc(/C=C(\C#N)c2ccc(Cl)cc2)c2ccccc12. The zero-order valence-electron chi connectivity index (χ0n) is 12.6. The number of benzene rings is 3. The molecule has 0 saturated carbocycles. The van der Waals surface area contributed by atoms with Crippen LogP contribution in [0.1, 0.15) is 11.1 Å². The maximum Gasteiger partial charge on any atom is 0.126 e. The molecule has 112 valence electrons. The third-order valence-corrected chi connectivity index (χ3v) is 3.97. The van der Waals surface area contributed by atoms with Crippen LogP contribution in [0.15, 0.2) is 60.7 Å². The molecule has 0 amide bonds. The number of methoxy groups -OCH3 is 1. The smallest absolute Gasteiger partial charge is 0.126 e. The Balaban J connectivity index is 2.16. The predicted molar refractivity (Wildman–Crippen MR) is 95.4 cm³/mol. The zero-order valence-corrected chi connectivity index (χ0v) is 13.3. The minimum absolute atomic E-state index is 0.594. The summed E-state index contributed by atoms with van der Waals surface area (Å²) in [6.45, 7) is 0. The number of nitriles is 1. The van der Waals surface area contributed by atoms with Gasteiger partial charge in [0.25, 0.3) is 0 Å². The monoisotopic (exact) mass is 319 g/mol. The van der Waals surface area contributed by atoms with Crippen molar-refractivity contribution in [2.75, 3.05) is 7.11 Å². The van der Waals surface area contributed by atoms with Crippen molar-refractivity contribution in [2.24, 2.45) is 0 Å². The van der Waals surface area contributed by atoms with E-state index in [0.29, 0.717) is 10.6 Å². The molecule has 23 heavy (non-hydrogen) atoms.